The number of nitriles is 1. The Kier molecular flexibility index (Phi) is 5.18. The quantitative estimate of drug-likeness (QED) is 0.558. The molecule has 0 saturated carbocycles. The van der Waals surface area contributed by atoms with E-state index >= 15 is 0 Å². The van der Waals surface area contributed by atoms with Gasteiger partial charge in [-0.3, -0.25) is 0 Å². The number of benzene rings is 1. The number of rotatable bonds is 3. The third-order valence-electron chi connectivity index (χ3n) is 3.47. The van der Waals surface area contributed by atoms with Gasteiger partial charge in [-0.2, -0.15) is 0 Å². The second kappa shape index (κ2) is 7.29. The SMILES string of the molecule is [C-]#[N+]/C(C#N)=C1\C=C(C)OC(/C=C/c2ccc(C(C)C)cc2)=C1. The Morgan fingerprint density at radius 2 is 1.91 bits per heavy atom. The van der Waals surface area contributed by atoms with E-state index in [1.807, 2.05) is 18.2 Å². The molecule has 0 bridgehead atoms. The predicted molar refractivity (Wildman–Crippen MR) is 91.7 cm³/mol. The molecule has 1 aliphatic heterocycles. The summed E-state index contributed by atoms with van der Waals surface area (Å²) in [5.74, 6) is 1.79. The lowest BCUT2D eigenvalue weighted by molar-refractivity contribution is 0.318. The molecule has 0 N–H and O–H groups in total. The van der Waals surface area contributed by atoms with Crippen molar-refractivity contribution in [3.63, 3.8) is 0 Å². The van der Waals surface area contributed by atoms with E-state index in [4.69, 9.17) is 16.6 Å². The predicted octanol–water partition coefficient (Wildman–Crippen LogP) is 5.34. The zero-order chi connectivity index (χ0) is 16.8. The first-order valence-electron chi connectivity index (χ1n) is 7.41. The zero-order valence-electron chi connectivity index (χ0n) is 13.5. The van der Waals surface area contributed by atoms with E-state index in [1.165, 1.54) is 5.56 Å². The molecule has 0 aromatic heterocycles. The van der Waals surface area contributed by atoms with Gasteiger partial charge in [-0.05, 0) is 47.8 Å². The van der Waals surface area contributed by atoms with Gasteiger partial charge < -0.3 is 4.74 Å². The lowest BCUT2D eigenvalue weighted by Gasteiger charge is -2.13. The second-order valence-corrected chi connectivity index (χ2v) is 5.59. The maximum atomic E-state index is 8.99. The fourth-order valence-electron chi connectivity index (χ4n) is 2.20. The topological polar surface area (TPSA) is 37.4 Å². The maximum Gasteiger partial charge on any atom is 0.269 e. The number of ether oxygens (including phenoxy) is 1. The van der Waals surface area contributed by atoms with Crippen molar-refractivity contribution in [1.82, 2.24) is 0 Å². The number of nitrogens with zero attached hydrogens (tertiary/aromatic N) is 2. The summed E-state index contributed by atoms with van der Waals surface area (Å²) in [7, 11) is 0. The molecule has 0 spiro atoms. The van der Waals surface area contributed by atoms with Gasteiger partial charge in [0.2, 0.25) is 0 Å². The van der Waals surface area contributed by atoms with Crippen LogP contribution in [0.5, 0.6) is 0 Å². The lowest BCUT2D eigenvalue weighted by atomic mass is 10.0. The molecule has 0 fully saturated rings. The Bertz CT molecular complexity index is 776. The first kappa shape index (κ1) is 16.3. The largest absolute Gasteiger partial charge is 0.462 e. The molecule has 0 saturated heterocycles. The minimum atomic E-state index is 0.0693. The highest BCUT2D eigenvalue weighted by molar-refractivity contribution is 5.56. The highest BCUT2D eigenvalue weighted by atomic mass is 16.5. The van der Waals surface area contributed by atoms with Crippen molar-refractivity contribution in [2.24, 2.45) is 0 Å². The van der Waals surface area contributed by atoms with Crippen molar-refractivity contribution in [3.8, 4) is 6.07 Å². The summed E-state index contributed by atoms with van der Waals surface area (Å²) in [6, 6.07) is 10.3. The summed E-state index contributed by atoms with van der Waals surface area (Å²) >= 11 is 0. The van der Waals surface area contributed by atoms with Crippen molar-refractivity contribution >= 4 is 6.08 Å². The monoisotopic (exact) mass is 302 g/mol. The summed E-state index contributed by atoms with van der Waals surface area (Å²) in [6.07, 6.45) is 7.21. The van der Waals surface area contributed by atoms with Crippen LogP contribution in [0.1, 0.15) is 37.8 Å². The van der Waals surface area contributed by atoms with Crippen LogP contribution in [0.25, 0.3) is 10.9 Å². The van der Waals surface area contributed by atoms with Gasteiger partial charge in [0.15, 0.2) is 0 Å². The Balaban J connectivity index is 2.24. The van der Waals surface area contributed by atoms with Crippen LogP contribution in [-0.2, 0) is 4.74 Å². The third-order valence-corrected chi connectivity index (χ3v) is 3.47. The average Bonchev–Trinajstić information content (AvgIpc) is 2.54. The molecule has 1 aromatic carbocycles. The molecule has 0 aliphatic carbocycles. The third kappa shape index (κ3) is 4.22. The van der Waals surface area contributed by atoms with Gasteiger partial charge in [-0.1, -0.05) is 44.2 Å². The van der Waals surface area contributed by atoms with Crippen LogP contribution in [0.3, 0.4) is 0 Å². The van der Waals surface area contributed by atoms with Crippen LogP contribution in [0.4, 0.5) is 0 Å². The lowest BCUT2D eigenvalue weighted by Crippen LogP contribution is -1.96. The standard InChI is InChI=1S/C20H18N2O/c1-14(2)17-8-5-16(6-9-17)7-10-19-12-18(11-15(3)23-19)20(13-21)22-4/h5-12,14H,1-3H3/b10-7+,20-18+. The number of allylic oxidation sites excluding steroid dienone is 6. The van der Waals surface area contributed by atoms with E-state index in [2.05, 4.69) is 43.0 Å². The van der Waals surface area contributed by atoms with E-state index in [0.717, 1.165) is 5.56 Å². The molecule has 1 aliphatic rings. The van der Waals surface area contributed by atoms with Crippen LogP contribution >= 0.6 is 0 Å². The van der Waals surface area contributed by atoms with Gasteiger partial charge in [0.1, 0.15) is 11.5 Å². The molecule has 0 unspecified atom stereocenters. The summed E-state index contributed by atoms with van der Waals surface area (Å²) in [5.41, 5.74) is 3.03. The Morgan fingerprint density at radius 3 is 2.48 bits per heavy atom. The molecular formula is C20H18N2O. The van der Waals surface area contributed by atoms with Gasteiger partial charge in [-0.15, -0.1) is 0 Å². The maximum absolute atomic E-state index is 8.99. The van der Waals surface area contributed by atoms with Crippen molar-refractivity contribution in [1.29, 1.82) is 5.26 Å². The van der Waals surface area contributed by atoms with E-state index < -0.39 is 0 Å². The van der Waals surface area contributed by atoms with Crippen LogP contribution < -0.4 is 0 Å². The summed E-state index contributed by atoms with van der Waals surface area (Å²) in [5, 5.41) is 8.99. The molecule has 114 valence electrons. The van der Waals surface area contributed by atoms with Crippen LogP contribution in [-0.4, -0.2) is 0 Å². The van der Waals surface area contributed by atoms with E-state index in [9.17, 15) is 0 Å². The molecule has 0 amide bonds. The van der Waals surface area contributed by atoms with Crippen LogP contribution in [0.15, 0.2) is 65.3 Å². The van der Waals surface area contributed by atoms with Crippen molar-refractivity contribution in [2.45, 2.75) is 26.7 Å². The van der Waals surface area contributed by atoms with Crippen molar-refractivity contribution < 1.29 is 4.74 Å². The van der Waals surface area contributed by atoms with Gasteiger partial charge in [-0.25, -0.2) is 10.1 Å². The summed E-state index contributed by atoms with van der Waals surface area (Å²) in [4.78, 5) is 3.24. The molecule has 0 radical (unpaired) electrons. The van der Waals surface area contributed by atoms with Crippen LogP contribution in [0.2, 0.25) is 0 Å². The molecule has 0 atom stereocenters. The fourth-order valence-corrected chi connectivity index (χ4v) is 2.20. The smallest absolute Gasteiger partial charge is 0.269 e. The van der Waals surface area contributed by atoms with Gasteiger partial charge >= 0.3 is 0 Å². The van der Waals surface area contributed by atoms with Gasteiger partial charge in [0, 0.05) is 0 Å². The number of hydrogen-bond donors (Lipinski definition) is 0. The average molecular weight is 302 g/mol. The second-order valence-electron chi connectivity index (χ2n) is 5.59. The summed E-state index contributed by atoms with van der Waals surface area (Å²) < 4.78 is 5.63. The molecule has 1 aromatic rings. The fraction of sp³-hybridized carbons (Fsp3) is 0.200. The minimum absolute atomic E-state index is 0.0693. The van der Waals surface area contributed by atoms with Crippen molar-refractivity contribution in [3.05, 3.63) is 87.8 Å². The van der Waals surface area contributed by atoms with Gasteiger partial charge in [0.05, 0.1) is 12.6 Å². The van der Waals surface area contributed by atoms with E-state index in [-0.39, 0.29) is 5.70 Å². The first-order valence-corrected chi connectivity index (χ1v) is 7.41. The highest BCUT2D eigenvalue weighted by Gasteiger charge is 2.10. The zero-order valence-corrected chi connectivity index (χ0v) is 13.5. The molecule has 23 heavy (non-hydrogen) atoms. The van der Waals surface area contributed by atoms with Crippen LogP contribution in [0, 0.1) is 17.9 Å². The Morgan fingerprint density at radius 1 is 1.22 bits per heavy atom. The van der Waals surface area contributed by atoms with E-state index in [1.54, 1.807) is 19.1 Å². The highest BCUT2D eigenvalue weighted by Crippen LogP contribution is 2.23. The van der Waals surface area contributed by atoms with E-state index in [0.29, 0.717) is 23.0 Å². The molecule has 1 heterocycles. The number of hydrogen-bond acceptors (Lipinski definition) is 2. The molecule has 3 nitrogen and oxygen atoms in total. The normalized spacial score (nSPS) is 16.3. The Hall–Kier alpha value is -3.04. The van der Waals surface area contributed by atoms with Gasteiger partial charge in [0.25, 0.3) is 5.70 Å². The Labute approximate surface area is 137 Å². The summed E-state index contributed by atoms with van der Waals surface area (Å²) in [6.45, 7) is 13.2. The molecule has 2 rings (SSSR count). The first-order chi connectivity index (χ1) is 11.0. The molecular weight excluding hydrogens is 284 g/mol. The molecule has 3 heteroatoms. The minimum Gasteiger partial charge on any atom is -0.462 e. The van der Waals surface area contributed by atoms with Crippen molar-refractivity contribution in [2.75, 3.05) is 0 Å².